The lowest BCUT2D eigenvalue weighted by atomic mass is 9.94. The Hall–Kier alpha value is -2.37. The first-order chi connectivity index (χ1) is 10.9. The van der Waals surface area contributed by atoms with E-state index in [9.17, 15) is 4.79 Å². The van der Waals surface area contributed by atoms with E-state index >= 15 is 0 Å². The lowest BCUT2D eigenvalue weighted by Crippen LogP contribution is -2.46. The Bertz CT molecular complexity index is 688. The van der Waals surface area contributed by atoms with Gasteiger partial charge in [-0.15, -0.1) is 0 Å². The highest BCUT2D eigenvalue weighted by atomic mass is 16.1. The fourth-order valence-corrected chi connectivity index (χ4v) is 2.58. The van der Waals surface area contributed by atoms with Crippen molar-refractivity contribution in [2.75, 3.05) is 17.6 Å². The Balaban J connectivity index is 2.33. The molecule has 0 bridgehead atoms. The number of unbranched alkanes of at least 4 members (excludes halogenated alkanes) is 1. The molecule has 0 aliphatic carbocycles. The van der Waals surface area contributed by atoms with Crippen molar-refractivity contribution in [1.29, 1.82) is 0 Å². The molecule has 6 nitrogen and oxygen atoms in total. The molecule has 0 saturated carbocycles. The maximum atomic E-state index is 11.3. The van der Waals surface area contributed by atoms with E-state index in [-0.39, 0.29) is 11.4 Å². The van der Waals surface area contributed by atoms with Crippen LogP contribution in [0.25, 0.3) is 11.0 Å². The van der Waals surface area contributed by atoms with Gasteiger partial charge in [0.05, 0.1) is 16.7 Å². The largest absolute Gasteiger partial charge is 0.384 e. The molecule has 0 aromatic carbocycles. The van der Waals surface area contributed by atoms with Gasteiger partial charge in [0.15, 0.2) is 0 Å². The predicted molar refractivity (Wildman–Crippen MR) is 94.2 cm³/mol. The SMILES string of the molecule is CCCCC(C)(CNC(C)=O)Nc1cc(N)nc2cccnc12. The standard InChI is InChI=1S/C17H25N5O/c1-4-5-8-17(3,11-20-12(2)23)22-14-10-15(18)21-13-7-6-9-19-16(13)14/h6-7,9-10H,4-5,8,11H2,1-3H3,(H,20,23)(H3,18,21,22). The van der Waals surface area contributed by atoms with Crippen LogP contribution in [-0.4, -0.2) is 28.0 Å². The van der Waals surface area contributed by atoms with Gasteiger partial charge in [0.25, 0.3) is 0 Å². The molecule has 6 heteroatoms. The zero-order valence-electron chi connectivity index (χ0n) is 14.0. The van der Waals surface area contributed by atoms with Gasteiger partial charge in [-0.2, -0.15) is 0 Å². The summed E-state index contributed by atoms with van der Waals surface area (Å²) in [5.41, 5.74) is 8.03. The van der Waals surface area contributed by atoms with Crippen LogP contribution in [0.5, 0.6) is 0 Å². The van der Waals surface area contributed by atoms with Crippen molar-refractivity contribution in [2.45, 2.75) is 45.6 Å². The highest BCUT2D eigenvalue weighted by Gasteiger charge is 2.25. The first-order valence-electron chi connectivity index (χ1n) is 7.97. The third-order valence-electron chi connectivity index (χ3n) is 3.83. The van der Waals surface area contributed by atoms with Gasteiger partial charge in [-0.3, -0.25) is 9.78 Å². The highest BCUT2D eigenvalue weighted by molar-refractivity contribution is 5.89. The Morgan fingerprint density at radius 2 is 2.22 bits per heavy atom. The first kappa shape index (κ1) is 17.0. The second kappa shape index (κ2) is 7.26. The van der Waals surface area contributed by atoms with Gasteiger partial charge in [0, 0.05) is 25.7 Å². The van der Waals surface area contributed by atoms with Crippen molar-refractivity contribution < 1.29 is 4.79 Å². The summed E-state index contributed by atoms with van der Waals surface area (Å²) in [6, 6.07) is 5.53. The van der Waals surface area contributed by atoms with Crippen LogP contribution in [-0.2, 0) is 4.79 Å². The zero-order valence-corrected chi connectivity index (χ0v) is 14.0. The number of nitrogens with two attached hydrogens (primary N) is 1. The summed E-state index contributed by atoms with van der Waals surface area (Å²) >= 11 is 0. The number of anilines is 2. The third kappa shape index (κ3) is 4.55. The van der Waals surface area contributed by atoms with Crippen LogP contribution in [0.2, 0.25) is 0 Å². The Kier molecular flexibility index (Phi) is 5.36. The maximum Gasteiger partial charge on any atom is 0.216 e. The quantitative estimate of drug-likeness (QED) is 0.730. The van der Waals surface area contributed by atoms with Crippen LogP contribution < -0.4 is 16.4 Å². The zero-order chi connectivity index (χ0) is 16.9. The summed E-state index contributed by atoms with van der Waals surface area (Å²) in [6.07, 6.45) is 4.83. The fourth-order valence-electron chi connectivity index (χ4n) is 2.58. The van der Waals surface area contributed by atoms with Crippen LogP contribution in [0.4, 0.5) is 11.5 Å². The van der Waals surface area contributed by atoms with E-state index in [4.69, 9.17) is 5.73 Å². The lowest BCUT2D eigenvalue weighted by molar-refractivity contribution is -0.119. The van der Waals surface area contributed by atoms with Crippen LogP contribution in [0.15, 0.2) is 24.4 Å². The topological polar surface area (TPSA) is 92.9 Å². The molecule has 0 aliphatic heterocycles. The van der Waals surface area contributed by atoms with Crippen molar-refractivity contribution >= 4 is 28.4 Å². The summed E-state index contributed by atoms with van der Waals surface area (Å²) in [5.74, 6) is 0.414. The van der Waals surface area contributed by atoms with Crippen molar-refractivity contribution in [3.8, 4) is 0 Å². The molecule has 0 spiro atoms. The van der Waals surface area contributed by atoms with Crippen LogP contribution in [0, 0.1) is 0 Å². The monoisotopic (exact) mass is 315 g/mol. The smallest absolute Gasteiger partial charge is 0.216 e. The first-order valence-corrected chi connectivity index (χ1v) is 7.97. The molecule has 2 rings (SSSR count). The minimum absolute atomic E-state index is 0.0354. The van der Waals surface area contributed by atoms with E-state index in [0.717, 1.165) is 36.0 Å². The van der Waals surface area contributed by atoms with E-state index in [0.29, 0.717) is 12.4 Å². The van der Waals surface area contributed by atoms with E-state index in [1.165, 1.54) is 6.92 Å². The number of fused-ring (bicyclic) bond motifs is 1. The molecule has 2 aromatic heterocycles. The molecule has 23 heavy (non-hydrogen) atoms. The van der Waals surface area contributed by atoms with Gasteiger partial charge in [-0.1, -0.05) is 19.8 Å². The summed E-state index contributed by atoms with van der Waals surface area (Å²) < 4.78 is 0. The van der Waals surface area contributed by atoms with Gasteiger partial charge < -0.3 is 16.4 Å². The lowest BCUT2D eigenvalue weighted by Gasteiger charge is -2.32. The summed E-state index contributed by atoms with van der Waals surface area (Å²) in [6.45, 7) is 6.32. The van der Waals surface area contributed by atoms with Crippen molar-refractivity contribution in [3.05, 3.63) is 24.4 Å². The molecule has 1 amide bonds. The fraction of sp³-hybridized carbons (Fsp3) is 0.471. The molecule has 2 aromatic rings. The van der Waals surface area contributed by atoms with Crippen LogP contribution >= 0.6 is 0 Å². The van der Waals surface area contributed by atoms with Gasteiger partial charge in [0.1, 0.15) is 11.3 Å². The summed E-state index contributed by atoms with van der Waals surface area (Å²) in [4.78, 5) is 20.0. The van der Waals surface area contributed by atoms with Crippen molar-refractivity contribution in [3.63, 3.8) is 0 Å². The molecule has 2 heterocycles. The van der Waals surface area contributed by atoms with Gasteiger partial charge >= 0.3 is 0 Å². The normalized spacial score (nSPS) is 13.5. The number of carbonyl (C=O) groups excluding carboxylic acids is 1. The average Bonchev–Trinajstić information content (AvgIpc) is 2.51. The predicted octanol–water partition coefficient (Wildman–Crippen LogP) is 2.71. The molecular formula is C17H25N5O. The number of carbonyl (C=O) groups is 1. The van der Waals surface area contributed by atoms with E-state index in [2.05, 4.69) is 34.4 Å². The van der Waals surface area contributed by atoms with E-state index < -0.39 is 0 Å². The molecule has 0 radical (unpaired) electrons. The third-order valence-corrected chi connectivity index (χ3v) is 3.83. The van der Waals surface area contributed by atoms with Gasteiger partial charge in [0.2, 0.25) is 5.91 Å². The summed E-state index contributed by atoms with van der Waals surface area (Å²) in [5, 5.41) is 6.44. The number of nitrogen functional groups attached to an aromatic ring is 1. The van der Waals surface area contributed by atoms with Crippen molar-refractivity contribution in [2.24, 2.45) is 0 Å². The van der Waals surface area contributed by atoms with Crippen LogP contribution in [0.3, 0.4) is 0 Å². The Morgan fingerprint density at radius 1 is 1.43 bits per heavy atom. The van der Waals surface area contributed by atoms with Crippen molar-refractivity contribution in [1.82, 2.24) is 15.3 Å². The van der Waals surface area contributed by atoms with E-state index in [1.54, 1.807) is 12.3 Å². The number of rotatable bonds is 7. The number of amides is 1. The maximum absolute atomic E-state index is 11.3. The second-order valence-corrected chi connectivity index (χ2v) is 6.16. The minimum Gasteiger partial charge on any atom is -0.384 e. The number of hydrogen-bond acceptors (Lipinski definition) is 5. The molecule has 0 fully saturated rings. The molecule has 1 unspecified atom stereocenters. The average molecular weight is 315 g/mol. The number of pyridine rings is 2. The molecular weight excluding hydrogens is 290 g/mol. The molecule has 0 saturated heterocycles. The van der Waals surface area contributed by atoms with E-state index in [1.807, 2.05) is 12.1 Å². The Labute approximate surface area is 136 Å². The van der Waals surface area contributed by atoms with Gasteiger partial charge in [-0.05, 0) is 25.5 Å². The minimum atomic E-state index is -0.278. The molecule has 1 atom stereocenters. The Morgan fingerprint density at radius 3 is 2.91 bits per heavy atom. The molecule has 4 N–H and O–H groups in total. The number of nitrogens with one attached hydrogen (secondary N) is 2. The number of nitrogens with zero attached hydrogens (tertiary/aromatic N) is 2. The number of hydrogen-bond donors (Lipinski definition) is 3. The number of aromatic nitrogens is 2. The second-order valence-electron chi connectivity index (χ2n) is 6.16. The van der Waals surface area contributed by atoms with Gasteiger partial charge in [-0.25, -0.2) is 4.98 Å². The summed E-state index contributed by atoms with van der Waals surface area (Å²) in [7, 11) is 0. The molecule has 124 valence electrons. The molecule has 0 aliphatic rings. The highest BCUT2D eigenvalue weighted by Crippen LogP contribution is 2.27. The van der Waals surface area contributed by atoms with Crippen LogP contribution in [0.1, 0.15) is 40.0 Å².